The molecule has 4 heterocycles. The predicted molar refractivity (Wildman–Crippen MR) is 94.0 cm³/mol. The van der Waals surface area contributed by atoms with Gasteiger partial charge >= 0.3 is 6.03 Å². The average molecular weight is 376 g/mol. The van der Waals surface area contributed by atoms with Gasteiger partial charge in [0.15, 0.2) is 5.13 Å². The number of hydrogen-bond acceptors (Lipinski definition) is 6. The van der Waals surface area contributed by atoms with E-state index < -0.39 is 6.03 Å². The van der Waals surface area contributed by atoms with Gasteiger partial charge in [-0.3, -0.25) is 5.32 Å². The van der Waals surface area contributed by atoms with Crippen LogP contribution in [0.2, 0.25) is 0 Å². The Hall–Kier alpha value is -2.59. The lowest BCUT2D eigenvalue weighted by Gasteiger charge is -2.23. The summed E-state index contributed by atoms with van der Waals surface area (Å²) in [6.07, 6.45) is 0.342. The molecule has 1 unspecified atom stereocenters. The zero-order valence-electron chi connectivity index (χ0n) is 14.2. The van der Waals surface area contributed by atoms with Crippen LogP contribution in [0.25, 0.3) is 5.78 Å². The van der Waals surface area contributed by atoms with Gasteiger partial charge in [-0.1, -0.05) is 0 Å². The van der Waals surface area contributed by atoms with Gasteiger partial charge in [-0.25, -0.2) is 9.78 Å². The molecule has 1 atom stereocenters. The number of fused-ring (bicyclic) bond motifs is 2. The molecule has 1 aliphatic rings. The normalized spacial score (nSPS) is 16.5. The molecule has 0 radical (unpaired) electrons. The summed E-state index contributed by atoms with van der Waals surface area (Å²) in [5.41, 5.74) is 2.50. The fourth-order valence-electron chi connectivity index (χ4n) is 2.98. The van der Waals surface area contributed by atoms with Crippen molar-refractivity contribution in [1.82, 2.24) is 24.9 Å². The number of amides is 2. The Kier molecular flexibility index (Phi) is 4.29. The minimum absolute atomic E-state index is 0.163. The fourth-order valence-corrected chi connectivity index (χ4v) is 3.89. The Balaban J connectivity index is 1.41. The third kappa shape index (κ3) is 3.25. The highest BCUT2D eigenvalue weighted by Gasteiger charge is 2.24. The van der Waals surface area contributed by atoms with Crippen molar-refractivity contribution in [3.8, 4) is 0 Å². The second-order valence-electron chi connectivity index (χ2n) is 6.06. The largest absolute Gasteiger partial charge is 0.371 e. The Bertz CT molecular complexity index is 985. The Labute approximate surface area is 152 Å². The summed E-state index contributed by atoms with van der Waals surface area (Å²) in [5.74, 6) is 0.585. The summed E-state index contributed by atoms with van der Waals surface area (Å²) in [4.78, 5) is 21.6. The molecule has 0 fully saturated rings. The van der Waals surface area contributed by atoms with Crippen molar-refractivity contribution in [3.63, 3.8) is 0 Å². The van der Waals surface area contributed by atoms with E-state index in [1.807, 2.05) is 19.9 Å². The summed E-state index contributed by atoms with van der Waals surface area (Å²) >= 11 is 1.13. The molecule has 0 aliphatic carbocycles. The zero-order chi connectivity index (χ0) is 18.3. The van der Waals surface area contributed by atoms with Gasteiger partial charge in [-0.15, -0.1) is 16.4 Å². The van der Waals surface area contributed by atoms with Crippen LogP contribution in [-0.4, -0.2) is 38.8 Å². The lowest BCUT2D eigenvalue weighted by atomic mass is 10.1. The lowest BCUT2D eigenvalue weighted by Crippen LogP contribution is -2.34. The standard InChI is InChI=1S/C16H17FN6O2S/c1-8-5-9(2)23-15(19-8)20-14(22-23)21-16(24)18-7-11-10-6-13(17)26-12(10)3-4-25-11/h5-6,11H,3-4,7H2,1-2H3,(H2,18,21,22,24). The highest BCUT2D eigenvalue weighted by atomic mass is 32.1. The molecule has 0 saturated heterocycles. The number of carbonyl (C=O) groups excluding carboxylic acids is 1. The number of ether oxygens (including phenoxy) is 1. The first-order valence-corrected chi connectivity index (χ1v) is 8.97. The van der Waals surface area contributed by atoms with Gasteiger partial charge < -0.3 is 10.1 Å². The molecule has 2 N–H and O–H groups in total. The number of hydrogen-bond donors (Lipinski definition) is 2. The molecule has 1 aliphatic heterocycles. The van der Waals surface area contributed by atoms with E-state index in [1.165, 1.54) is 6.07 Å². The van der Waals surface area contributed by atoms with Crippen LogP contribution in [0.5, 0.6) is 0 Å². The Morgan fingerprint density at radius 1 is 1.42 bits per heavy atom. The predicted octanol–water partition coefficient (Wildman–Crippen LogP) is 2.38. The van der Waals surface area contributed by atoms with Crippen LogP contribution in [-0.2, 0) is 11.2 Å². The quantitative estimate of drug-likeness (QED) is 0.732. The third-order valence-electron chi connectivity index (χ3n) is 4.10. The first-order valence-electron chi connectivity index (χ1n) is 8.15. The fraction of sp³-hybridized carbons (Fsp3) is 0.375. The lowest BCUT2D eigenvalue weighted by molar-refractivity contribution is 0.0456. The number of anilines is 1. The van der Waals surface area contributed by atoms with Crippen molar-refractivity contribution in [1.29, 1.82) is 0 Å². The average Bonchev–Trinajstić information content (AvgIpc) is 3.15. The molecule has 4 rings (SSSR count). The molecule has 26 heavy (non-hydrogen) atoms. The molecule has 3 aromatic rings. The van der Waals surface area contributed by atoms with Crippen LogP contribution in [0, 0.1) is 19.0 Å². The van der Waals surface area contributed by atoms with Crippen LogP contribution in [0.4, 0.5) is 15.1 Å². The molecule has 0 aromatic carbocycles. The first kappa shape index (κ1) is 16.9. The zero-order valence-corrected chi connectivity index (χ0v) is 15.1. The van der Waals surface area contributed by atoms with E-state index in [-0.39, 0.29) is 23.7 Å². The monoisotopic (exact) mass is 376 g/mol. The van der Waals surface area contributed by atoms with Gasteiger partial charge in [0.25, 0.3) is 11.7 Å². The molecule has 0 saturated carbocycles. The molecule has 8 nitrogen and oxygen atoms in total. The van der Waals surface area contributed by atoms with Crippen LogP contribution in [0.15, 0.2) is 12.1 Å². The van der Waals surface area contributed by atoms with E-state index >= 15 is 0 Å². The topological polar surface area (TPSA) is 93.4 Å². The van der Waals surface area contributed by atoms with Crippen LogP contribution < -0.4 is 10.6 Å². The maximum atomic E-state index is 13.4. The molecule has 0 bridgehead atoms. The van der Waals surface area contributed by atoms with Gasteiger partial charge in [0, 0.05) is 29.2 Å². The Morgan fingerprint density at radius 3 is 3.12 bits per heavy atom. The van der Waals surface area contributed by atoms with Crippen molar-refractivity contribution in [2.75, 3.05) is 18.5 Å². The summed E-state index contributed by atoms with van der Waals surface area (Å²) in [6.45, 7) is 4.50. The van der Waals surface area contributed by atoms with Gasteiger partial charge in [-0.2, -0.15) is 13.9 Å². The van der Waals surface area contributed by atoms with Crippen LogP contribution >= 0.6 is 11.3 Å². The van der Waals surface area contributed by atoms with Crippen molar-refractivity contribution in [2.24, 2.45) is 0 Å². The number of halogens is 1. The molecule has 2 amide bonds. The SMILES string of the molecule is Cc1cc(C)n2nc(NC(=O)NCC3OCCc4sc(F)cc43)nc2n1. The van der Waals surface area contributed by atoms with Crippen LogP contribution in [0.1, 0.15) is 27.9 Å². The molecule has 0 spiro atoms. The van der Waals surface area contributed by atoms with Crippen molar-refractivity contribution >= 4 is 29.1 Å². The number of carbonyl (C=O) groups is 1. The number of urea groups is 1. The van der Waals surface area contributed by atoms with E-state index in [0.29, 0.717) is 18.8 Å². The van der Waals surface area contributed by atoms with E-state index in [4.69, 9.17) is 4.74 Å². The summed E-state index contributed by atoms with van der Waals surface area (Å²) in [6, 6.07) is 2.90. The van der Waals surface area contributed by atoms with E-state index in [0.717, 1.165) is 33.2 Å². The highest BCUT2D eigenvalue weighted by molar-refractivity contribution is 7.10. The second-order valence-corrected chi connectivity index (χ2v) is 7.15. The summed E-state index contributed by atoms with van der Waals surface area (Å²) < 4.78 is 20.7. The molecule has 10 heteroatoms. The van der Waals surface area contributed by atoms with Gasteiger partial charge in [0.05, 0.1) is 6.61 Å². The van der Waals surface area contributed by atoms with E-state index in [9.17, 15) is 9.18 Å². The minimum Gasteiger partial charge on any atom is -0.371 e. The Morgan fingerprint density at radius 2 is 2.27 bits per heavy atom. The number of rotatable bonds is 3. The van der Waals surface area contributed by atoms with E-state index in [2.05, 4.69) is 25.7 Å². The van der Waals surface area contributed by atoms with Gasteiger partial charge in [0.2, 0.25) is 0 Å². The number of nitrogens with zero attached hydrogens (tertiary/aromatic N) is 4. The third-order valence-corrected chi connectivity index (χ3v) is 5.10. The maximum absolute atomic E-state index is 13.4. The van der Waals surface area contributed by atoms with Gasteiger partial charge in [0.1, 0.15) is 6.10 Å². The molecular weight excluding hydrogens is 359 g/mol. The minimum atomic E-state index is -0.457. The second kappa shape index (κ2) is 6.61. The molecular formula is C16H17FN6O2S. The van der Waals surface area contributed by atoms with Crippen molar-refractivity contribution < 1.29 is 13.9 Å². The smallest absolute Gasteiger partial charge is 0.321 e. The first-order chi connectivity index (χ1) is 12.5. The number of aromatic nitrogens is 4. The summed E-state index contributed by atoms with van der Waals surface area (Å²) in [7, 11) is 0. The highest BCUT2D eigenvalue weighted by Crippen LogP contribution is 2.32. The van der Waals surface area contributed by atoms with Crippen LogP contribution in [0.3, 0.4) is 0 Å². The number of aryl methyl sites for hydroxylation is 2. The maximum Gasteiger partial charge on any atom is 0.321 e. The number of thiophene rings is 1. The molecule has 136 valence electrons. The summed E-state index contributed by atoms with van der Waals surface area (Å²) in [5, 5.41) is 9.29. The number of nitrogens with one attached hydrogen (secondary N) is 2. The van der Waals surface area contributed by atoms with E-state index in [1.54, 1.807) is 4.52 Å². The van der Waals surface area contributed by atoms with Crippen molar-refractivity contribution in [2.45, 2.75) is 26.4 Å². The van der Waals surface area contributed by atoms with Crippen molar-refractivity contribution in [3.05, 3.63) is 39.1 Å². The molecule has 3 aromatic heterocycles. The van der Waals surface area contributed by atoms with Gasteiger partial charge in [-0.05, 0) is 31.5 Å².